The highest BCUT2D eigenvalue weighted by molar-refractivity contribution is 5.85. The van der Waals surface area contributed by atoms with Crippen molar-refractivity contribution in [3.63, 3.8) is 0 Å². The van der Waals surface area contributed by atoms with Crippen molar-refractivity contribution in [3.8, 4) is 5.75 Å². The zero-order chi connectivity index (χ0) is 17.6. The molecular weight excluding hydrogens is 312 g/mol. The third-order valence-corrected chi connectivity index (χ3v) is 5.30. The number of imidazole rings is 1. The topological polar surface area (TPSA) is 36.3 Å². The largest absolute Gasteiger partial charge is 0.483 e. The molecule has 0 radical (unpaired) electrons. The van der Waals surface area contributed by atoms with Crippen molar-refractivity contribution in [1.82, 2.24) is 9.55 Å². The van der Waals surface area contributed by atoms with E-state index in [0.717, 1.165) is 35.4 Å². The molecular formula is C21H24N2O2. The number of aryl methyl sites for hydroxylation is 3. The van der Waals surface area contributed by atoms with Crippen LogP contribution in [0.1, 0.15) is 40.6 Å². The number of hydrogen-bond acceptors (Lipinski definition) is 3. The van der Waals surface area contributed by atoms with Gasteiger partial charge in [0, 0.05) is 19.7 Å². The molecule has 1 aliphatic heterocycles. The molecule has 1 aliphatic rings. The minimum Gasteiger partial charge on any atom is -0.483 e. The third-order valence-electron chi connectivity index (χ3n) is 5.30. The van der Waals surface area contributed by atoms with E-state index < -0.39 is 0 Å². The average Bonchev–Trinajstić information content (AvgIpc) is 2.90. The Morgan fingerprint density at radius 3 is 2.84 bits per heavy atom. The Morgan fingerprint density at radius 2 is 2.08 bits per heavy atom. The van der Waals surface area contributed by atoms with Gasteiger partial charge in [0.05, 0.1) is 12.1 Å². The fraction of sp³-hybridized carbons (Fsp3) is 0.381. The van der Waals surface area contributed by atoms with Crippen molar-refractivity contribution in [3.05, 3.63) is 58.4 Å². The van der Waals surface area contributed by atoms with Gasteiger partial charge < -0.3 is 14.0 Å². The fourth-order valence-electron chi connectivity index (χ4n) is 3.83. The van der Waals surface area contributed by atoms with Crippen molar-refractivity contribution in [2.24, 2.45) is 7.05 Å². The van der Waals surface area contributed by atoms with Gasteiger partial charge in [-0.25, -0.2) is 4.98 Å². The molecule has 0 aliphatic carbocycles. The Hall–Kier alpha value is -2.33. The van der Waals surface area contributed by atoms with E-state index in [1.165, 1.54) is 22.3 Å². The molecule has 1 unspecified atom stereocenters. The second kappa shape index (κ2) is 6.19. The number of aromatic nitrogens is 2. The van der Waals surface area contributed by atoms with E-state index in [0.29, 0.717) is 6.61 Å². The van der Waals surface area contributed by atoms with Crippen LogP contribution < -0.4 is 4.74 Å². The van der Waals surface area contributed by atoms with E-state index in [-0.39, 0.29) is 6.10 Å². The Balaban J connectivity index is 1.86. The first-order chi connectivity index (χ1) is 12.1. The van der Waals surface area contributed by atoms with Gasteiger partial charge in [0.15, 0.2) is 5.75 Å². The molecule has 1 aromatic heterocycles. The summed E-state index contributed by atoms with van der Waals surface area (Å²) in [6.07, 6.45) is 2.04. The molecule has 0 N–H and O–H groups in total. The van der Waals surface area contributed by atoms with E-state index in [4.69, 9.17) is 14.5 Å². The van der Waals surface area contributed by atoms with Gasteiger partial charge in [0.25, 0.3) is 0 Å². The van der Waals surface area contributed by atoms with Crippen molar-refractivity contribution in [1.29, 1.82) is 0 Å². The van der Waals surface area contributed by atoms with Crippen molar-refractivity contribution in [2.45, 2.75) is 39.4 Å². The summed E-state index contributed by atoms with van der Waals surface area (Å²) >= 11 is 0. The van der Waals surface area contributed by atoms with Gasteiger partial charge in [-0.15, -0.1) is 0 Å². The van der Waals surface area contributed by atoms with Gasteiger partial charge in [-0.05, 0) is 49.4 Å². The molecule has 25 heavy (non-hydrogen) atoms. The maximum atomic E-state index is 6.54. The second-order valence-corrected chi connectivity index (χ2v) is 6.86. The van der Waals surface area contributed by atoms with Crippen LogP contribution in [0, 0.1) is 13.8 Å². The minimum atomic E-state index is 0.0806. The fourth-order valence-corrected chi connectivity index (χ4v) is 3.83. The van der Waals surface area contributed by atoms with Gasteiger partial charge in [-0.3, -0.25) is 0 Å². The van der Waals surface area contributed by atoms with Crippen LogP contribution in [0.2, 0.25) is 0 Å². The zero-order valence-electron chi connectivity index (χ0n) is 15.3. The molecule has 4 heteroatoms. The van der Waals surface area contributed by atoms with E-state index >= 15 is 0 Å². The summed E-state index contributed by atoms with van der Waals surface area (Å²) in [7, 11) is 3.79. The van der Waals surface area contributed by atoms with E-state index in [1.807, 2.05) is 6.92 Å². The molecule has 0 bridgehead atoms. The molecule has 4 nitrogen and oxygen atoms in total. The highest BCUT2D eigenvalue weighted by atomic mass is 16.5. The predicted octanol–water partition coefficient (Wildman–Crippen LogP) is 4.40. The molecule has 0 amide bonds. The second-order valence-electron chi connectivity index (χ2n) is 6.86. The number of fused-ring (bicyclic) bond motifs is 3. The average molecular weight is 336 g/mol. The van der Waals surface area contributed by atoms with Crippen LogP contribution >= 0.6 is 0 Å². The van der Waals surface area contributed by atoms with E-state index in [9.17, 15) is 0 Å². The first-order valence-corrected chi connectivity index (χ1v) is 8.79. The summed E-state index contributed by atoms with van der Waals surface area (Å²) in [5.74, 6) is 1.93. The van der Waals surface area contributed by atoms with Crippen LogP contribution in [-0.2, 0) is 24.8 Å². The minimum absolute atomic E-state index is 0.0806. The van der Waals surface area contributed by atoms with Crippen LogP contribution in [0.15, 0.2) is 30.3 Å². The molecule has 2 heterocycles. The molecule has 2 aromatic carbocycles. The summed E-state index contributed by atoms with van der Waals surface area (Å²) in [5.41, 5.74) is 7.07. The van der Waals surface area contributed by atoms with Crippen LogP contribution in [0.4, 0.5) is 0 Å². The molecule has 3 aromatic rings. The summed E-state index contributed by atoms with van der Waals surface area (Å²) in [6.45, 7) is 4.78. The lowest BCUT2D eigenvalue weighted by atomic mass is 9.92. The highest BCUT2D eigenvalue weighted by Crippen LogP contribution is 2.42. The normalized spacial score (nSPS) is 16.7. The van der Waals surface area contributed by atoms with Gasteiger partial charge in [-0.2, -0.15) is 0 Å². The summed E-state index contributed by atoms with van der Waals surface area (Å²) in [6, 6.07) is 10.7. The van der Waals surface area contributed by atoms with Gasteiger partial charge >= 0.3 is 0 Å². The lowest BCUT2D eigenvalue weighted by Gasteiger charge is -2.29. The van der Waals surface area contributed by atoms with Crippen molar-refractivity contribution < 1.29 is 9.47 Å². The van der Waals surface area contributed by atoms with E-state index in [2.05, 4.69) is 48.9 Å². The van der Waals surface area contributed by atoms with Gasteiger partial charge in [-0.1, -0.05) is 24.3 Å². The lowest BCUT2D eigenvalue weighted by Crippen LogP contribution is -2.18. The summed E-state index contributed by atoms with van der Waals surface area (Å²) in [5, 5.41) is 0. The molecule has 4 rings (SSSR count). The van der Waals surface area contributed by atoms with Gasteiger partial charge in [0.2, 0.25) is 0 Å². The monoisotopic (exact) mass is 336 g/mol. The molecule has 0 spiro atoms. The Kier molecular flexibility index (Phi) is 4.00. The van der Waals surface area contributed by atoms with Crippen LogP contribution in [-0.4, -0.2) is 16.7 Å². The summed E-state index contributed by atoms with van der Waals surface area (Å²) in [4.78, 5) is 4.77. The first kappa shape index (κ1) is 16.2. The SMILES string of the molecule is COCc1cc2c(nc(C)n2C)c2c1CCC(c1ccccc1C)O2. The molecule has 0 saturated carbocycles. The predicted molar refractivity (Wildman–Crippen MR) is 99.0 cm³/mol. The van der Waals surface area contributed by atoms with Crippen molar-refractivity contribution >= 4 is 11.0 Å². The number of nitrogens with zero attached hydrogens (tertiary/aromatic N) is 2. The van der Waals surface area contributed by atoms with Crippen molar-refractivity contribution in [2.75, 3.05) is 7.11 Å². The Bertz CT molecular complexity index is 943. The lowest BCUT2D eigenvalue weighted by molar-refractivity contribution is 0.167. The first-order valence-electron chi connectivity index (χ1n) is 8.79. The molecule has 0 fully saturated rings. The quantitative estimate of drug-likeness (QED) is 0.711. The number of ether oxygens (including phenoxy) is 2. The van der Waals surface area contributed by atoms with Gasteiger partial charge in [0.1, 0.15) is 17.4 Å². The third kappa shape index (κ3) is 2.61. The van der Waals surface area contributed by atoms with E-state index in [1.54, 1.807) is 7.11 Å². The Labute approximate surface area is 148 Å². The smallest absolute Gasteiger partial charge is 0.151 e. The highest BCUT2D eigenvalue weighted by Gasteiger charge is 2.28. The number of hydrogen-bond donors (Lipinski definition) is 0. The standard InChI is InChI=1S/C21H24N2O2/c1-13-7-5-6-8-16(13)19-10-9-17-15(12-24-4)11-18-20(21(17)25-19)22-14(2)23(18)3/h5-8,11,19H,9-10,12H2,1-4H3. The molecule has 130 valence electrons. The maximum absolute atomic E-state index is 6.54. The molecule has 1 atom stereocenters. The number of rotatable bonds is 3. The van der Waals surface area contributed by atoms with Crippen LogP contribution in [0.25, 0.3) is 11.0 Å². The molecule has 0 saturated heterocycles. The maximum Gasteiger partial charge on any atom is 0.151 e. The zero-order valence-corrected chi connectivity index (χ0v) is 15.3. The Morgan fingerprint density at radius 1 is 1.28 bits per heavy atom. The summed E-state index contributed by atoms with van der Waals surface area (Å²) < 4.78 is 14.1. The van der Waals surface area contributed by atoms with Crippen LogP contribution in [0.3, 0.4) is 0 Å². The number of benzene rings is 2. The number of methoxy groups -OCH3 is 1. The van der Waals surface area contributed by atoms with Crippen LogP contribution in [0.5, 0.6) is 5.75 Å².